The number of nitrogens with one attached hydrogen (secondary N) is 2. The van der Waals surface area contributed by atoms with Gasteiger partial charge in [0.1, 0.15) is 0 Å². The molecule has 0 saturated carbocycles. The lowest BCUT2D eigenvalue weighted by atomic mass is 10.1. The summed E-state index contributed by atoms with van der Waals surface area (Å²) in [5, 5.41) is 14.7. The first kappa shape index (κ1) is 17.8. The Bertz CT molecular complexity index is 884. The summed E-state index contributed by atoms with van der Waals surface area (Å²) in [7, 11) is 0. The largest absolute Gasteiger partial charge is 0.478 e. The molecule has 1 heterocycles. The smallest absolute Gasteiger partial charge is 0.335 e. The number of aromatic carboxylic acids is 1. The zero-order chi connectivity index (χ0) is 18.7. The van der Waals surface area contributed by atoms with Crippen LogP contribution in [-0.4, -0.2) is 36.1 Å². The Balaban J connectivity index is 1.74. The molecule has 1 fully saturated rings. The molecule has 0 aliphatic carbocycles. The van der Waals surface area contributed by atoms with Crippen molar-refractivity contribution in [2.24, 2.45) is 0 Å². The van der Waals surface area contributed by atoms with Gasteiger partial charge in [-0.2, -0.15) is 0 Å². The summed E-state index contributed by atoms with van der Waals surface area (Å²) >= 11 is 6.13. The van der Waals surface area contributed by atoms with Crippen LogP contribution < -0.4 is 15.5 Å². The number of anilines is 1. The van der Waals surface area contributed by atoms with Gasteiger partial charge in [-0.3, -0.25) is 9.69 Å². The lowest BCUT2D eigenvalue weighted by molar-refractivity contribution is 0.0696. The minimum atomic E-state index is -1.03. The van der Waals surface area contributed by atoms with Crippen LogP contribution >= 0.6 is 11.6 Å². The van der Waals surface area contributed by atoms with E-state index in [1.165, 1.54) is 17.0 Å². The average Bonchev–Trinajstić information content (AvgIpc) is 3.06. The average molecular weight is 374 g/mol. The zero-order valence-corrected chi connectivity index (χ0v) is 14.4. The number of hydrogen-bond donors (Lipinski definition) is 3. The monoisotopic (exact) mass is 373 g/mol. The summed E-state index contributed by atoms with van der Waals surface area (Å²) in [6.07, 6.45) is 0. The predicted octanol–water partition coefficient (Wildman–Crippen LogP) is 2.50. The molecule has 8 heteroatoms. The van der Waals surface area contributed by atoms with Crippen LogP contribution in [0.3, 0.4) is 0 Å². The van der Waals surface area contributed by atoms with Gasteiger partial charge in [0.15, 0.2) is 0 Å². The number of carboxylic acids is 1. The minimum Gasteiger partial charge on any atom is -0.478 e. The number of nitrogens with zero attached hydrogens (tertiary/aromatic N) is 1. The fourth-order valence-corrected chi connectivity index (χ4v) is 2.87. The molecule has 3 rings (SSSR count). The molecule has 0 spiro atoms. The van der Waals surface area contributed by atoms with E-state index >= 15 is 0 Å². The van der Waals surface area contributed by atoms with Crippen molar-refractivity contribution in [1.29, 1.82) is 0 Å². The molecule has 0 unspecified atom stereocenters. The number of urea groups is 1. The summed E-state index contributed by atoms with van der Waals surface area (Å²) in [6.45, 7) is 1.22. The number of carboxylic acid groups (broad SMARTS) is 1. The van der Waals surface area contributed by atoms with Crippen LogP contribution in [0.1, 0.15) is 26.3 Å². The molecule has 2 aromatic carbocycles. The van der Waals surface area contributed by atoms with E-state index in [1.54, 1.807) is 30.3 Å². The number of carbonyl (C=O) groups is 3. The molecule has 0 bridgehead atoms. The van der Waals surface area contributed by atoms with Gasteiger partial charge in [-0.15, -0.1) is 0 Å². The number of halogens is 1. The van der Waals surface area contributed by atoms with E-state index in [-0.39, 0.29) is 28.7 Å². The van der Waals surface area contributed by atoms with Crippen molar-refractivity contribution < 1.29 is 19.5 Å². The lowest BCUT2D eigenvalue weighted by Crippen LogP contribution is -2.28. The first-order chi connectivity index (χ1) is 12.5. The summed E-state index contributed by atoms with van der Waals surface area (Å²) in [4.78, 5) is 36.8. The Hall–Kier alpha value is -3.06. The molecule has 0 atom stereocenters. The Labute approximate surface area is 154 Å². The molecular weight excluding hydrogens is 358 g/mol. The molecule has 7 nitrogen and oxygen atoms in total. The highest BCUT2D eigenvalue weighted by Gasteiger charge is 2.22. The summed E-state index contributed by atoms with van der Waals surface area (Å²) in [5.41, 5.74) is 1.64. The second-order valence-electron chi connectivity index (χ2n) is 5.74. The van der Waals surface area contributed by atoms with Gasteiger partial charge in [0.25, 0.3) is 5.91 Å². The summed E-state index contributed by atoms with van der Waals surface area (Å²) < 4.78 is 0. The maximum Gasteiger partial charge on any atom is 0.335 e. The molecule has 0 aromatic heterocycles. The van der Waals surface area contributed by atoms with Gasteiger partial charge >= 0.3 is 12.0 Å². The van der Waals surface area contributed by atoms with E-state index < -0.39 is 11.9 Å². The van der Waals surface area contributed by atoms with Gasteiger partial charge in [0.05, 0.1) is 16.1 Å². The van der Waals surface area contributed by atoms with Gasteiger partial charge < -0.3 is 15.7 Å². The van der Waals surface area contributed by atoms with Crippen LogP contribution in [0.5, 0.6) is 0 Å². The van der Waals surface area contributed by atoms with Crippen LogP contribution in [0.4, 0.5) is 10.5 Å². The van der Waals surface area contributed by atoms with Crippen molar-refractivity contribution in [2.75, 3.05) is 18.0 Å². The number of rotatable bonds is 5. The number of amides is 3. The van der Waals surface area contributed by atoms with Crippen molar-refractivity contribution in [3.63, 3.8) is 0 Å². The molecule has 134 valence electrons. The molecule has 1 aliphatic rings. The van der Waals surface area contributed by atoms with E-state index in [1.807, 2.05) is 0 Å². The topological polar surface area (TPSA) is 98.7 Å². The fraction of sp³-hybridized carbons (Fsp3) is 0.167. The summed E-state index contributed by atoms with van der Waals surface area (Å²) in [5.74, 6) is -1.44. The molecular formula is C18H16ClN3O4. The molecule has 0 radical (unpaired) electrons. The van der Waals surface area contributed by atoms with Gasteiger partial charge in [-0.1, -0.05) is 23.7 Å². The minimum absolute atomic E-state index is 0.150. The molecule has 1 saturated heterocycles. The standard InChI is InChI=1S/C18H16ClN3O4/c19-15-5-4-13(22-7-6-20-18(22)26)9-14(15)16(23)21-10-11-2-1-3-12(8-11)17(24)25/h1-5,8-9H,6-7,10H2,(H,20,26)(H,21,23)(H,24,25). The SMILES string of the molecule is O=C(O)c1cccc(CNC(=O)c2cc(N3CCNC3=O)ccc2Cl)c1. The van der Waals surface area contributed by atoms with E-state index in [0.29, 0.717) is 24.3 Å². The van der Waals surface area contributed by atoms with Crippen LogP contribution in [0.25, 0.3) is 0 Å². The first-order valence-corrected chi connectivity index (χ1v) is 8.29. The van der Waals surface area contributed by atoms with Crippen molar-refractivity contribution in [3.8, 4) is 0 Å². The van der Waals surface area contributed by atoms with Crippen molar-refractivity contribution in [2.45, 2.75) is 6.54 Å². The molecule has 3 N–H and O–H groups in total. The zero-order valence-electron chi connectivity index (χ0n) is 13.7. The number of benzene rings is 2. The highest BCUT2D eigenvalue weighted by Crippen LogP contribution is 2.24. The summed E-state index contributed by atoms with van der Waals surface area (Å²) in [6, 6.07) is 10.9. The van der Waals surface area contributed by atoms with Gasteiger partial charge in [-0.05, 0) is 35.9 Å². The quantitative estimate of drug-likeness (QED) is 0.749. The van der Waals surface area contributed by atoms with Crippen molar-refractivity contribution in [3.05, 3.63) is 64.2 Å². The lowest BCUT2D eigenvalue weighted by Gasteiger charge is -2.16. The highest BCUT2D eigenvalue weighted by atomic mass is 35.5. The van der Waals surface area contributed by atoms with E-state index in [9.17, 15) is 14.4 Å². The van der Waals surface area contributed by atoms with E-state index in [2.05, 4.69) is 10.6 Å². The van der Waals surface area contributed by atoms with Gasteiger partial charge in [-0.25, -0.2) is 9.59 Å². The third-order valence-corrected chi connectivity index (χ3v) is 4.32. The fourth-order valence-electron chi connectivity index (χ4n) is 2.67. The van der Waals surface area contributed by atoms with Gasteiger partial charge in [0.2, 0.25) is 0 Å². The first-order valence-electron chi connectivity index (χ1n) is 7.91. The molecule has 2 aromatic rings. The highest BCUT2D eigenvalue weighted by molar-refractivity contribution is 6.34. The van der Waals surface area contributed by atoms with E-state index in [0.717, 1.165) is 0 Å². The van der Waals surface area contributed by atoms with Gasteiger partial charge in [0, 0.05) is 25.3 Å². The number of hydrogen-bond acceptors (Lipinski definition) is 3. The second-order valence-corrected chi connectivity index (χ2v) is 6.14. The van der Waals surface area contributed by atoms with Crippen molar-refractivity contribution >= 4 is 35.2 Å². The number of carbonyl (C=O) groups excluding carboxylic acids is 2. The van der Waals surface area contributed by atoms with Crippen LogP contribution in [0, 0.1) is 0 Å². The van der Waals surface area contributed by atoms with Crippen LogP contribution in [0.15, 0.2) is 42.5 Å². The Morgan fingerprint density at radius 3 is 2.73 bits per heavy atom. The third-order valence-electron chi connectivity index (χ3n) is 3.99. The molecule has 1 aliphatic heterocycles. The second kappa shape index (κ2) is 7.45. The van der Waals surface area contributed by atoms with Crippen LogP contribution in [-0.2, 0) is 6.54 Å². The maximum absolute atomic E-state index is 12.5. The molecule has 26 heavy (non-hydrogen) atoms. The molecule has 3 amide bonds. The Morgan fingerprint density at radius 1 is 1.23 bits per heavy atom. The Kier molecular flexibility index (Phi) is 5.09. The van der Waals surface area contributed by atoms with E-state index in [4.69, 9.17) is 16.7 Å². The predicted molar refractivity (Wildman–Crippen MR) is 96.8 cm³/mol. The Morgan fingerprint density at radius 2 is 2.04 bits per heavy atom. The normalized spacial score (nSPS) is 13.4. The maximum atomic E-state index is 12.5. The van der Waals surface area contributed by atoms with Crippen LogP contribution in [0.2, 0.25) is 5.02 Å². The third kappa shape index (κ3) is 3.78. The van der Waals surface area contributed by atoms with Crippen molar-refractivity contribution in [1.82, 2.24) is 10.6 Å².